The molecule has 0 unspecified atom stereocenters. The summed E-state index contributed by atoms with van der Waals surface area (Å²) >= 11 is 5.96. The molecule has 3 rings (SSSR count). The van der Waals surface area contributed by atoms with E-state index in [0.29, 0.717) is 10.6 Å². The lowest BCUT2D eigenvalue weighted by Gasteiger charge is -2.11. The van der Waals surface area contributed by atoms with Gasteiger partial charge in [0.05, 0.1) is 0 Å². The van der Waals surface area contributed by atoms with Gasteiger partial charge in [0, 0.05) is 21.4 Å². The van der Waals surface area contributed by atoms with Crippen LogP contribution in [0.5, 0.6) is 5.88 Å². The number of nitrogens with zero attached hydrogens (tertiary/aromatic N) is 1. The maximum absolute atomic E-state index is 13.5. The molecule has 4 nitrogen and oxygen atoms in total. The first-order valence-electron chi connectivity index (χ1n) is 6.82. The Kier molecular flexibility index (Phi) is 4.19. The van der Waals surface area contributed by atoms with Gasteiger partial charge in [-0.05, 0) is 36.4 Å². The summed E-state index contributed by atoms with van der Waals surface area (Å²) in [5.74, 6) is -1.05. The van der Waals surface area contributed by atoms with Gasteiger partial charge in [0.1, 0.15) is 29.9 Å². The SMILES string of the molecule is N#Cc1c(=O)[nH]c(OCc2cc(F)ccc2Cl)c2cc(F)ccc12. The zero-order chi connectivity index (χ0) is 17.3. The number of pyridine rings is 1. The van der Waals surface area contributed by atoms with Crippen LogP contribution < -0.4 is 10.3 Å². The number of H-pyrrole nitrogens is 1. The summed E-state index contributed by atoms with van der Waals surface area (Å²) in [5.41, 5.74) is -0.426. The average Bonchev–Trinajstić information content (AvgIpc) is 2.56. The summed E-state index contributed by atoms with van der Waals surface area (Å²) in [7, 11) is 0. The van der Waals surface area contributed by atoms with E-state index in [1.165, 1.54) is 24.3 Å². The normalized spacial score (nSPS) is 10.6. The van der Waals surface area contributed by atoms with Crippen molar-refractivity contribution in [2.45, 2.75) is 6.61 Å². The molecule has 0 aliphatic rings. The van der Waals surface area contributed by atoms with E-state index in [0.717, 1.165) is 12.1 Å². The summed E-state index contributed by atoms with van der Waals surface area (Å²) in [6.45, 7) is -0.135. The molecule has 0 saturated heterocycles. The predicted molar refractivity (Wildman–Crippen MR) is 85.0 cm³/mol. The van der Waals surface area contributed by atoms with Crippen LogP contribution in [0.4, 0.5) is 8.78 Å². The van der Waals surface area contributed by atoms with Crippen LogP contribution in [0.3, 0.4) is 0 Å². The van der Waals surface area contributed by atoms with E-state index in [1.54, 1.807) is 6.07 Å². The fourth-order valence-corrected chi connectivity index (χ4v) is 2.48. The van der Waals surface area contributed by atoms with Gasteiger partial charge >= 0.3 is 0 Å². The number of aromatic nitrogens is 1. The van der Waals surface area contributed by atoms with Gasteiger partial charge in [-0.3, -0.25) is 9.78 Å². The van der Waals surface area contributed by atoms with Gasteiger partial charge in [-0.15, -0.1) is 0 Å². The molecule has 1 heterocycles. The number of fused-ring (bicyclic) bond motifs is 1. The third-order valence-electron chi connectivity index (χ3n) is 3.44. The Labute approximate surface area is 139 Å². The fraction of sp³-hybridized carbons (Fsp3) is 0.0588. The molecular formula is C17H9ClF2N2O2. The number of ether oxygens (including phenoxy) is 1. The molecule has 0 aliphatic carbocycles. The summed E-state index contributed by atoms with van der Waals surface area (Å²) in [6, 6.07) is 9.21. The number of benzene rings is 2. The summed E-state index contributed by atoms with van der Waals surface area (Å²) in [6.07, 6.45) is 0. The zero-order valence-corrected chi connectivity index (χ0v) is 12.8. The van der Waals surface area contributed by atoms with Crippen LogP contribution in [0.15, 0.2) is 41.2 Å². The minimum Gasteiger partial charge on any atom is -0.474 e. The second kappa shape index (κ2) is 6.30. The Balaban J connectivity index is 2.07. The first kappa shape index (κ1) is 16.0. The van der Waals surface area contributed by atoms with Crippen molar-refractivity contribution in [3.8, 4) is 11.9 Å². The van der Waals surface area contributed by atoms with Crippen molar-refractivity contribution in [1.29, 1.82) is 5.26 Å². The zero-order valence-electron chi connectivity index (χ0n) is 12.1. The molecule has 0 bridgehead atoms. The highest BCUT2D eigenvalue weighted by molar-refractivity contribution is 6.31. The molecule has 0 aliphatic heterocycles. The minimum absolute atomic E-state index is 0.0196. The van der Waals surface area contributed by atoms with E-state index >= 15 is 0 Å². The molecular weight excluding hydrogens is 338 g/mol. The van der Waals surface area contributed by atoms with Crippen molar-refractivity contribution in [1.82, 2.24) is 4.98 Å². The number of halogens is 3. The smallest absolute Gasteiger partial charge is 0.269 e. The molecule has 0 saturated carbocycles. The van der Waals surface area contributed by atoms with Gasteiger partial charge in [0.15, 0.2) is 0 Å². The van der Waals surface area contributed by atoms with Crippen LogP contribution in [-0.4, -0.2) is 4.98 Å². The Morgan fingerprint density at radius 3 is 2.58 bits per heavy atom. The molecule has 7 heteroatoms. The molecule has 24 heavy (non-hydrogen) atoms. The van der Waals surface area contributed by atoms with Crippen molar-refractivity contribution in [2.24, 2.45) is 0 Å². The third-order valence-corrected chi connectivity index (χ3v) is 3.81. The van der Waals surface area contributed by atoms with Crippen LogP contribution in [0.1, 0.15) is 11.1 Å². The minimum atomic E-state index is -0.656. The molecule has 0 amide bonds. The first-order chi connectivity index (χ1) is 11.5. The molecule has 0 radical (unpaired) electrons. The Morgan fingerprint density at radius 1 is 1.12 bits per heavy atom. The number of nitriles is 1. The first-order valence-corrected chi connectivity index (χ1v) is 7.20. The molecule has 0 fully saturated rings. The van der Waals surface area contributed by atoms with E-state index in [9.17, 15) is 13.6 Å². The van der Waals surface area contributed by atoms with E-state index in [-0.39, 0.29) is 28.8 Å². The van der Waals surface area contributed by atoms with Gasteiger partial charge in [-0.25, -0.2) is 8.78 Å². The molecule has 0 atom stereocenters. The van der Waals surface area contributed by atoms with E-state index in [4.69, 9.17) is 21.6 Å². The lowest BCUT2D eigenvalue weighted by molar-refractivity contribution is 0.296. The van der Waals surface area contributed by atoms with Crippen LogP contribution in [0, 0.1) is 23.0 Å². The van der Waals surface area contributed by atoms with Gasteiger partial charge < -0.3 is 4.74 Å². The van der Waals surface area contributed by atoms with Crippen LogP contribution in [0.2, 0.25) is 5.02 Å². The van der Waals surface area contributed by atoms with Crippen molar-refractivity contribution in [3.05, 3.63) is 74.5 Å². The largest absolute Gasteiger partial charge is 0.474 e. The van der Waals surface area contributed by atoms with Crippen molar-refractivity contribution >= 4 is 22.4 Å². The second-order valence-electron chi connectivity index (χ2n) is 4.98. The van der Waals surface area contributed by atoms with E-state index in [1.807, 2.05) is 0 Å². The number of aromatic amines is 1. The highest BCUT2D eigenvalue weighted by Gasteiger charge is 2.13. The number of nitrogens with one attached hydrogen (secondary N) is 1. The van der Waals surface area contributed by atoms with E-state index < -0.39 is 17.2 Å². The number of hydrogen-bond donors (Lipinski definition) is 1. The van der Waals surface area contributed by atoms with Crippen LogP contribution in [0.25, 0.3) is 10.8 Å². The van der Waals surface area contributed by atoms with E-state index in [2.05, 4.69) is 4.98 Å². The quantitative estimate of drug-likeness (QED) is 0.782. The lowest BCUT2D eigenvalue weighted by Crippen LogP contribution is -2.13. The summed E-state index contributed by atoms with van der Waals surface area (Å²) < 4.78 is 32.3. The number of rotatable bonds is 3. The van der Waals surface area contributed by atoms with Crippen molar-refractivity contribution in [3.63, 3.8) is 0 Å². The molecule has 0 spiro atoms. The second-order valence-corrected chi connectivity index (χ2v) is 5.39. The molecule has 1 N–H and O–H groups in total. The molecule has 120 valence electrons. The van der Waals surface area contributed by atoms with Crippen molar-refractivity contribution < 1.29 is 13.5 Å². The molecule has 1 aromatic heterocycles. The maximum atomic E-state index is 13.5. The molecule has 2 aromatic carbocycles. The third kappa shape index (κ3) is 2.94. The fourth-order valence-electron chi connectivity index (χ4n) is 2.31. The predicted octanol–water partition coefficient (Wildman–Crippen LogP) is 3.91. The summed E-state index contributed by atoms with van der Waals surface area (Å²) in [4.78, 5) is 14.4. The van der Waals surface area contributed by atoms with Gasteiger partial charge in [-0.1, -0.05) is 11.6 Å². The number of hydrogen-bond acceptors (Lipinski definition) is 3. The van der Waals surface area contributed by atoms with Gasteiger partial charge in [-0.2, -0.15) is 5.26 Å². The Hall–Kier alpha value is -2.91. The highest BCUT2D eigenvalue weighted by atomic mass is 35.5. The monoisotopic (exact) mass is 346 g/mol. The highest BCUT2D eigenvalue weighted by Crippen LogP contribution is 2.26. The Morgan fingerprint density at radius 2 is 1.83 bits per heavy atom. The van der Waals surface area contributed by atoms with Gasteiger partial charge in [0.25, 0.3) is 5.56 Å². The average molecular weight is 347 g/mol. The lowest BCUT2D eigenvalue weighted by atomic mass is 10.1. The summed E-state index contributed by atoms with van der Waals surface area (Å²) in [5, 5.41) is 9.88. The van der Waals surface area contributed by atoms with Crippen molar-refractivity contribution in [2.75, 3.05) is 0 Å². The standard InChI is InChI=1S/C17H9ClF2N2O2/c18-15-4-2-10(19)5-9(15)8-24-17-13-6-11(20)1-3-12(13)14(7-21)16(23)22-17/h1-6H,8H2,(H,22,23). The van der Waals surface area contributed by atoms with Gasteiger partial charge in [0.2, 0.25) is 5.88 Å². The Bertz CT molecular complexity index is 1040. The molecule has 3 aromatic rings. The van der Waals surface area contributed by atoms with Crippen LogP contribution >= 0.6 is 11.6 Å². The maximum Gasteiger partial charge on any atom is 0.269 e. The van der Waals surface area contributed by atoms with Crippen LogP contribution in [-0.2, 0) is 6.61 Å². The topological polar surface area (TPSA) is 65.9 Å².